The van der Waals surface area contributed by atoms with Gasteiger partial charge in [-0.3, -0.25) is 19.2 Å². The molecule has 1 fully saturated rings. The zero-order valence-electron chi connectivity index (χ0n) is 17.7. The highest BCUT2D eigenvalue weighted by atomic mass is 16.5. The Bertz CT molecular complexity index is 647. The normalized spacial score (nSPS) is 29.8. The first-order chi connectivity index (χ1) is 14.1. The van der Waals surface area contributed by atoms with Crippen LogP contribution < -0.4 is 0 Å². The molecule has 30 heavy (non-hydrogen) atoms. The second-order valence-corrected chi connectivity index (χ2v) is 8.26. The fourth-order valence-corrected chi connectivity index (χ4v) is 4.23. The number of nitrogens with zero attached hydrogens (tertiary/aromatic N) is 2. The fraction of sp³-hybridized carbons (Fsp3) is 0.700. The summed E-state index contributed by atoms with van der Waals surface area (Å²) >= 11 is 0. The van der Waals surface area contributed by atoms with Crippen LogP contribution in [0.25, 0.3) is 0 Å². The van der Waals surface area contributed by atoms with Gasteiger partial charge in [0.2, 0.25) is 0 Å². The molecule has 6 atom stereocenters. The number of rotatable bonds is 10. The molecule has 10 nitrogen and oxygen atoms in total. The molecular formula is C20H30N2O8. The van der Waals surface area contributed by atoms with Crippen LogP contribution >= 0.6 is 0 Å². The van der Waals surface area contributed by atoms with Crippen LogP contribution in [0.15, 0.2) is 12.2 Å². The maximum absolute atomic E-state index is 12.7. The van der Waals surface area contributed by atoms with E-state index in [4.69, 9.17) is 9.47 Å². The van der Waals surface area contributed by atoms with Gasteiger partial charge in [0.1, 0.15) is 13.2 Å². The van der Waals surface area contributed by atoms with Crippen molar-refractivity contribution in [2.24, 2.45) is 35.5 Å². The number of carbonyl (C=O) groups excluding carboxylic acids is 2. The number of hydrogen-bond acceptors (Lipinski definition) is 8. The smallest absolute Gasteiger partial charge is 0.310 e. The maximum atomic E-state index is 12.7. The largest absolute Gasteiger partial charge is 0.481 e. The number of hydrogen-bond donors (Lipinski definition) is 2. The van der Waals surface area contributed by atoms with Gasteiger partial charge in [-0.05, 0) is 28.2 Å². The van der Waals surface area contributed by atoms with E-state index in [2.05, 4.69) is 0 Å². The number of carboxylic acid groups (broad SMARTS) is 2. The third-order valence-corrected chi connectivity index (χ3v) is 5.67. The van der Waals surface area contributed by atoms with Crippen molar-refractivity contribution >= 4 is 23.9 Å². The molecule has 0 aliphatic heterocycles. The van der Waals surface area contributed by atoms with Crippen LogP contribution in [-0.4, -0.2) is 98.4 Å². The third kappa shape index (κ3) is 5.17. The minimum absolute atomic E-state index is 0.0590. The van der Waals surface area contributed by atoms with Gasteiger partial charge >= 0.3 is 23.9 Å². The molecule has 0 aromatic heterocycles. The van der Waals surface area contributed by atoms with Crippen LogP contribution in [0.2, 0.25) is 0 Å². The lowest BCUT2D eigenvalue weighted by Crippen LogP contribution is -2.58. The molecule has 0 unspecified atom stereocenters. The predicted molar refractivity (Wildman–Crippen MR) is 104 cm³/mol. The highest BCUT2D eigenvalue weighted by Gasteiger charge is 2.61. The Morgan fingerprint density at radius 1 is 0.700 bits per heavy atom. The summed E-state index contributed by atoms with van der Waals surface area (Å²) in [6, 6.07) is 0. The Hall–Kier alpha value is -2.46. The van der Waals surface area contributed by atoms with Gasteiger partial charge < -0.3 is 29.5 Å². The number of esters is 2. The standard InChI is InChI=1S/C20H30N2O8/c1-21(2)7-9-29-19(27)15-11-5-6-12(13(15)17(23)24)16(14(11)18(25)26)20(28)30-10-8-22(3)4/h5-6,11-16H,7-10H2,1-4H3,(H,23,24)(H,25,26)/t11-,12+,13+,14-,15-,16-/m0/s1. The molecule has 10 heteroatoms. The van der Waals surface area contributed by atoms with Crippen molar-refractivity contribution in [1.29, 1.82) is 0 Å². The molecule has 0 heterocycles. The van der Waals surface area contributed by atoms with Crippen molar-refractivity contribution < 1.29 is 38.9 Å². The first-order valence-corrected chi connectivity index (χ1v) is 9.83. The third-order valence-electron chi connectivity index (χ3n) is 5.67. The van der Waals surface area contributed by atoms with Gasteiger partial charge in [-0.25, -0.2) is 0 Å². The van der Waals surface area contributed by atoms with E-state index in [9.17, 15) is 29.4 Å². The van der Waals surface area contributed by atoms with Crippen molar-refractivity contribution in [3.8, 4) is 0 Å². The van der Waals surface area contributed by atoms with Gasteiger partial charge in [-0.2, -0.15) is 0 Å². The summed E-state index contributed by atoms with van der Waals surface area (Å²) in [5.41, 5.74) is 0. The first-order valence-electron chi connectivity index (χ1n) is 9.83. The molecule has 2 bridgehead atoms. The molecule has 1 saturated carbocycles. The van der Waals surface area contributed by atoms with Crippen molar-refractivity contribution in [1.82, 2.24) is 9.80 Å². The van der Waals surface area contributed by atoms with E-state index in [-0.39, 0.29) is 13.2 Å². The number of carbonyl (C=O) groups is 4. The van der Waals surface area contributed by atoms with E-state index >= 15 is 0 Å². The van der Waals surface area contributed by atoms with Crippen LogP contribution in [0.1, 0.15) is 0 Å². The Morgan fingerprint density at radius 2 is 1.03 bits per heavy atom. The van der Waals surface area contributed by atoms with Gasteiger partial charge in [0.15, 0.2) is 0 Å². The van der Waals surface area contributed by atoms with Crippen LogP contribution in [0, 0.1) is 35.5 Å². The van der Waals surface area contributed by atoms with E-state index < -0.39 is 59.4 Å². The van der Waals surface area contributed by atoms with Crippen LogP contribution in [0.3, 0.4) is 0 Å². The zero-order chi connectivity index (χ0) is 22.6. The average Bonchev–Trinajstić information content (AvgIpc) is 2.65. The Labute approximate surface area is 175 Å². The second-order valence-electron chi connectivity index (χ2n) is 8.26. The Morgan fingerprint density at radius 3 is 1.30 bits per heavy atom. The van der Waals surface area contributed by atoms with Crippen LogP contribution in [0.5, 0.6) is 0 Å². The summed E-state index contributed by atoms with van der Waals surface area (Å²) in [6.07, 6.45) is 3.06. The van der Waals surface area contributed by atoms with Crippen LogP contribution in [0.4, 0.5) is 0 Å². The molecule has 0 spiro atoms. The monoisotopic (exact) mass is 426 g/mol. The lowest BCUT2D eigenvalue weighted by Gasteiger charge is -2.48. The maximum Gasteiger partial charge on any atom is 0.310 e. The molecular weight excluding hydrogens is 396 g/mol. The number of allylic oxidation sites excluding steroid dienone is 2. The summed E-state index contributed by atoms with van der Waals surface area (Å²) in [6.45, 7) is 1.01. The molecule has 168 valence electrons. The van der Waals surface area contributed by atoms with Crippen molar-refractivity contribution in [3.05, 3.63) is 12.2 Å². The molecule has 0 aromatic rings. The van der Waals surface area contributed by atoms with Gasteiger partial charge in [0.25, 0.3) is 0 Å². The summed E-state index contributed by atoms with van der Waals surface area (Å²) in [7, 11) is 7.19. The van der Waals surface area contributed by atoms with Gasteiger partial charge in [0, 0.05) is 24.9 Å². The van der Waals surface area contributed by atoms with Crippen molar-refractivity contribution in [2.75, 3.05) is 54.5 Å². The quantitative estimate of drug-likeness (QED) is 0.352. The van der Waals surface area contributed by atoms with Gasteiger partial charge in [-0.1, -0.05) is 12.2 Å². The molecule has 0 saturated heterocycles. The van der Waals surface area contributed by atoms with Gasteiger partial charge in [0.05, 0.1) is 23.7 Å². The van der Waals surface area contributed by atoms with E-state index in [1.165, 1.54) is 12.2 Å². The summed E-state index contributed by atoms with van der Waals surface area (Å²) in [4.78, 5) is 53.1. The SMILES string of the molecule is CN(C)CCOC(=O)[C@H]1[C@H]2C=C[C@H]([C@H]1C(=O)O)[C@H](C(=O)OCCN(C)C)[C@H]2C(=O)O. The summed E-state index contributed by atoms with van der Waals surface area (Å²) < 4.78 is 10.5. The summed E-state index contributed by atoms with van der Waals surface area (Å²) in [5.74, 6) is -10.8. The number of likely N-dealkylation sites (N-methyl/N-ethyl adjacent to an activating group) is 2. The van der Waals surface area contributed by atoms with E-state index in [0.29, 0.717) is 13.1 Å². The molecule has 0 aromatic carbocycles. The number of carboxylic acids is 2. The molecule has 2 N–H and O–H groups in total. The molecule has 3 aliphatic carbocycles. The van der Waals surface area contributed by atoms with Crippen molar-refractivity contribution in [3.63, 3.8) is 0 Å². The molecule has 0 amide bonds. The average molecular weight is 426 g/mol. The fourth-order valence-electron chi connectivity index (χ4n) is 4.23. The van der Waals surface area contributed by atoms with E-state index in [1.807, 2.05) is 0 Å². The van der Waals surface area contributed by atoms with E-state index in [1.54, 1.807) is 38.0 Å². The van der Waals surface area contributed by atoms with E-state index in [0.717, 1.165) is 0 Å². The Kier molecular flexibility index (Phi) is 7.96. The minimum Gasteiger partial charge on any atom is -0.481 e. The number of aliphatic carboxylic acids is 2. The highest BCUT2D eigenvalue weighted by Crippen LogP contribution is 2.52. The molecule has 0 radical (unpaired) electrons. The molecule has 3 rings (SSSR count). The highest BCUT2D eigenvalue weighted by molar-refractivity contribution is 5.89. The first kappa shape index (κ1) is 23.8. The van der Waals surface area contributed by atoms with Crippen LogP contribution in [-0.2, 0) is 28.7 Å². The number of ether oxygens (including phenoxy) is 2. The lowest BCUT2D eigenvalue weighted by atomic mass is 9.53. The van der Waals surface area contributed by atoms with Gasteiger partial charge in [-0.15, -0.1) is 0 Å². The zero-order valence-corrected chi connectivity index (χ0v) is 17.7. The molecule has 3 aliphatic rings. The number of fused-ring (bicyclic) bond motifs is 2. The second kappa shape index (κ2) is 10.0. The minimum atomic E-state index is -1.26. The van der Waals surface area contributed by atoms with Crippen molar-refractivity contribution in [2.45, 2.75) is 0 Å². The lowest BCUT2D eigenvalue weighted by molar-refractivity contribution is -0.182. The summed E-state index contributed by atoms with van der Waals surface area (Å²) in [5, 5.41) is 19.6. The Balaban J connectivity index is 2.28. The topological polar surface area (TPSA) is 134 Å². The predicted octanol–water partition coefficient (Wildman–Crippen LogP) is -0.354.